The Hall–Kier alpha value is -2.44. The number of halogens is 1. The highest BCUT2D eigenvalue weighted by atomic mass is 79.9. The SMILES string of the molecule is NCCCCCCNC(=O)C1=CC(c2c[nH]c3ccc(Br)cc23)=NC2C=CC=CC12. The summed E-state index contributed by atoms with van der Waals surface area (Å²) in [5, 5.41) is 4.20. The van der Waals surface area contributed by atoms with Crippen LogP contribution in [0.15, 0.2) is 69.8 Å². The van der Waals surface area contributed by atoms with Crippen molar-refractivity contribution in [3.63, 3.8) is 0 Å². The molecule has 0 fully saturated rings. The van der Waals surface area contributed by atoms with E-state index in [2.05, 4.69) is 44.4 Å². The second kappa shape index (κ2) is 9.58. The third-order valence-electron chi connectivity index (χ3n) is 5.64. The Morgan fingerprint density at radius 1 is 1.17 bits per heavy atom. The number of aliphatic imine (C=N–C) groups is 1. The Kier molecular flexibility index (Phi) is 6.65. The molecule has 1 aliphatic carbocycles. The first-order chi connectivity index (χ1) is 14.7. The van der Waals surface area contributed by atoms with E-state index < -0.39 is 0 Å². The smallest absolute Gasteiger partial charge is 0.247 e. The molecule has 2 atom stereocenters. The first-order valence-electron chi connectivity index (χ1n) is 10.6. The highest BCUT2D eigenvalue weighted by molar-refractivity contribution is 9.10. The molecule has 6 heteroatoms. The maximum Gasteiger partial charge on any atom is 0.247 e. The van der Waals surface area contributed by atoms with Gasteiger partial charge in [0.15, 0.2) is 0 Å². The van der Waals surface area contributed by atoms with Crippen molar-refractivity contribution in [1.29, 1.82) is 0 Å². The summed E-state index contributed by atoms with van der Waals surface area (Å²) >= 11 is 3.56. The van der Waals surface area contributed by atoms with Gasteiger partial charge >= 0.3 is 0 Å². The van der Waals surface area contributed by atoms with E-state index in [1.54, 1.807) is 0 Å². The Labute approximate surface area is 185 Å². The van der Waals surface area contributed by atoms with E-state index in [1.165, 1.54) is 0 Å². The number of unbranched alkanes of at least 4 members (excludes halogenated alkanes) is 3. The Morgan fingerprint density at radius 2 is 2.00 bits per heavy atom. The number of dihydropyridines is 1. The van der Waals surface area contributed by atoms with Gasteiger partial charge in [-0.25, -0.2) is 0 Å². The molecule has 4 N–H and O–H groups in total. The monoisotopic (exact) mass is 466 g/mol. The predicted octanol–water partition coefficient (Wildman–Crippen LogP) is 4.41. The molecule has 1 aromatic carbocycles. The van der Waals surface area contributed by atoms with Crippen molar-refractivity contribution < 1.29 is 4.79 Å². The van der Waals surface area contributed by atoms with Gasteiger partial charge in [0.2, 0.25) is 5.91 Å². The zero-order chi connectivity index (χ0) is 20.9. The van der Waals surface area contributed by atoms with Crippen LogP contribution in [-0.2, 0) is 4.79 Å². The minimum Gasteiger partial charge on any atom is -0.360 e. The second-order valence-electron chi connectivity index (χ2n) is 7.75. The van der Waals surface area contributed by atoms with Crippen LogP contribution >= 0.6 is 15.9 Å². The molecule has 2 aromatic rings. The van der Waals surface area contributed by atoms with Crippen LogP contribution in [-0.4, -0.2) is 35.7 Å². The number of benzene rings is 1. The average Bonchev–Trinajstić information content (AvgIpc) is 3.18. The summed E-state index contributed by atoms with van der Waals surface area (Å²) in [5.74, 6) is -0.0230. The number of nitrogens with zero attached hydrogens (tertiary/aromatic N) is 1. The molecule has 2 heterocycles. The number of H-pyrrole nitrogens is 1. The zero-order valence-corrected chi connectivity index (χ0v) is 18.5. The van der Waals surface area contributed by atoms with E-state index in [0.29, 0.717) is 6.54 Å². The van der Waals surface area contributed by atoms with E-state index in [9.17, 15) is 4.79 Å². The third-order valence-corrected chi connectivity index (χ3v) is 6.14. The van der Waals surface area contributed by atoms with Crippen LogP contribution in [0.2, 0.25) is 0 Å². The van der Waals surface area contributed by atoms with Crippen molar-refractivity contribution in [1.82, 2.24) is 10.3 Å². The van der Waals surface area contributed by atoms with E-state index in [0.717, 1.165) is 64.5 Å². The van der Waals surface area contributed by atoms with Gasteiger partial charge in [-0.3, -0.25) is 9.79 Å². The number of carbonyl (C=O) groups excluding carboxylic acids is 1. The predicted molar refractivity (Wildman–Crippen MR) is 127 cm³/mol. The Bertz CT molecular complexity index is 1050. The van der Waals surface area contributed by atoms with E-state index in [4.69, 9.17) is 10.7 Å². The molecule has 4 rings (SSSR count). The maximum absolute atomic E-state index is 13.0. The molecule has 0 saturated heterocycles. The van der Waals surface area contributed by atoms with Crippen LogP contribution in [0, 0.1) is 5.92 Å². The van der Waals surface area contributed by atoms with Gasteiger partial charge in [-0.15, -0.1) is 0 Å². The fourth-order valence-corrected chi connectivity index (χ4v) is 4.40. The summed E-state index contributed by atoms with van der Waals surface area (Å²) in [6, 6.07) is 6.08. The van der Waals surface area contributed by atoms with Gasteiger partial charge in [0.05, 0.1) is 11.8 Å². The fraction of sp³-hybridized carbons (Fsp3) is 0.333. The fourth-order valence-electron chi connectivity index (χ4n) is 4.04. The highest BCUT2D eigenvalue weighted by Gasteiger charge is 2.31. The largest absolute Gasteiger partial charge is 0.360 e. The first-order valence-corrected chi connectivity index (χ1v) is 11.4. The van der Waals surface area contributed by atoms with Gasteiger partial charge in [0.25, 0.3) is 0 Å². The second-order valence-corrected chi connectivity index (χ2v) is 8.67. The lowest BCUT2D eigenvalue weighted by Crippen LogP contribution is -2.35. The molecule has 156 valence electrons. The number of nitrogens with one attached hydrogen (secondary N) is 2. The number of aromatic nitrogens is 1. The molecule has 2 unspecified atom stereocenters. The molecule has 0 bridgehead atoms. The van der Waals surface area contributed by atoms with E-state index in [-0.39, 0.29) is 17.9 Å². The quantitative estimate of drug-likeness (QED) is 0.503. The molecule has 1 aliphatic heterocycles. The minimum atomic E-state index is -0.0580. The number of amides is 1. The van der Waals surface area contributed by atoms with Crippen LogP contribution in [0.5, 0.6) is 0 Å². The van der Waals surface area contributed by atoms with Gasteiger partial charge in [-0.2, -0.15) is 0 Å². The van der Waals surface area contributed by atoms with Crippen LogP contribution in [0.4, 0.5) is 0 Å². The highest BCUT2D eigenvalue weighted by Crippen LogP contribution is 2.31. The maximum atomic E-state index is 13.0. The lowest BCUT2D eigenvalue weighted by Gasteiger charge is -2.28. The average molecular weight is 467 g/mol. The summed E-state index contributed by atoms with van der Waals surface area (Å²) in [5.41, 5.74) is 9.22. The molecular weight excluding hydrogens is 440 g/mol. The van der Waals surface area contributed by atoms with Crippen LogP contribution in [0.25, 0.3) is 10.9 Å². The molecule has 0 spiro atoms. The van der Waals surface area contributed by atoms with Gasteiger partial charge in [0, 0.05) is 45.2 Å². The summed E-state index contributed by atoms with van der Waals surface area (Å²) in [6.45, 7) is 1.42. The summed E-state index contributed by atoms with van der Waals surface area (Å²) in [4.78, 5) is 21.3. The van der Waals surface area contributed by atoms with Crippen molar-refractivity contribution in [3.8, 4) is 0 Å². The summed E-state index contributed by atoms with van der Waals surface area (Å²) in [6.07, 6.45) is 16.3. The minimum absolute atomic E-state index is 0.00260. The van der Waals surface area contributed by atoms with Crippen LogP contribution in [0.1, 0.15) is 31.2 Å². The number of fused-ring (bicyclic) bond motifs is 2. The number of carbonyl (C=O) groups is 1. The molecule has 1 aromatic heterocycles. The number of allylic oxidation sites excluding steroid dienone is 3. The van der Waals surface area contributed by atoms with Crippen molar-refractivity contribution in [2.75, 3.05) is 13.1 Å². The normalized spacial score (nSPS) is 20.1. The number of rotatable bonds is 8. The lowest BCUT2D eigenvalue weighted by molar-refractivity contribution is -0.117. The molecule has 0 radical (unpaired) electrons. The van der Waals surface area contributed by atoms with Gasteiger partial charge in [-0.1, -0.05) is 53.1 Å². The molecule has 5 nitrogen and oxygen atoms in total. The topological polar surface area (TPSA) is 83.3 Å². The van der Waals surface area contributed by atoms with Crippen molar-refractivity contribution in [3.05, 3.63) is 70.4 Å². The van der Waals surface area contributed by atoms with Gasteiger partial charge in [0.1, 0.15) is 0 Å². The summed E-state index contributed by atoms with van der Waals surface area (Å²) < 4.78 is 1.02. The van der Waals surface area contributed by atoms with Crippen LogP contribution < -0.4 is 11.1 Å². The number of aromatic amines is 1. The number of hydrogen-bond acceptors (Lipinski definition) is 3. The molecule has 2 aliphatic rings. The van der Waals surface area contributed by atoms with E-state index in [1.807, 2.05) is 36.6 Å². The van der Waals surface area contributed by atoms with E-state index >= 15 is 0 Å². The third kappa shape index (κ3) is 4.50. The van der Waals surface area contributed by atoms with Crippen molar-refractivity contribution >= 4 is 38.5 Å². The standard InChI is InChI=1S/C24H27BrN4O/c25-16-9-10-21-18(13-16)20(15-28-21)23-14-19(17-7-3-4-8-22(17)29-23)24(30)27-12-6-2-1-5-11-26/h3-4,7-10,13-15,17,22,28H,1-2,5-6,11-12,26H2,(H,27,30). The molecule has 1 amide bonds. The Balaban J connectivity index is 1.57. The lowest BCUT2D eigenvalue weighted by atomic mass is 9.83. The first kappa shape index (κ1) is 20.8. The number of nitrogens with two attached hydrogens (primary N) is 1. The van der Waals surface area contributed by atoms with Crippen LogP contribution in [0.3, 0.4) is 0 Å². The molecular formula is C24H27BrN4O. The summed E-state index contributed by atoms with van der Waals surface area (Å²) in [7, 11) is 0. The number of hydrogen-bond donors (Lipinski definition) is 3. The van der Waals surface area contributed by atoms with Gasteiger partial charge in [-0.05, 0) is 43.7 Å². The Morgan fingerprint density at radius 3 is 2.87 bits per heavy atom. The van der Waals surface area contributed by atoms with Crippen molar-refractivity contribution in [2.45, 2.75) is 31.7 Å². The van der Waals surface area contributed by atoms with Gasteiger partial charge < -0.3 is 16.0 Å². The molecule has 0 saturated carbocycles. The van der Waals surface area contributed by atoms with Crippen molar-refractivity contribution in [2.24, 2.45) is 16.6 Å². The zero-order valence-electron chi connectivity index (χ0n) is 16.9. The molecule has 30 heavy (non-hydrogen) atoms.